The Balaban J connectivity index is 1.66. The number of halogens is 1. The van der Waals surface area contributed by atoms with Crippen molar-refractivity contribution in [2.24, 2.45) is 0 Å². The molecule has 0 aliphatic heterocycles. The third-order valence-electron chi connectivity index (χ3n) is 4.78. The molecular formula is C22H25ClN4O2S. The summed E-state index contributed by atoms with van der Waals surface area (Å²) in [5, 5.41) is 12.8. The van der Waals surface area contributed by atoms with E-state index in [1.165, 1.54) is 11.8 Å². The third-order valence-corrected chi connectivity index (χ3v) is 6.06. The summed E-state index contributed by atoms with van der Waals surface area (Å²) in [4.78, 5) is 12.4. The third kappa shape index (κ3) is 5.15. The second kappa shape index (κ2) is 10.00. The van der Waals surface area contributed by atoms with Gasteiger partial charge in [-0.15, -0.1) is 10.2 Å². The fourth-order valence-corrected chi connectivity index (χ4v) is 3.98. The Morgan fingerprint density at radius 2 is 1.97 bits per heavy atom. The van der Waals surface area contributed by atoms with E-state index < -0.39 is 0 Å². The van der Waals surface area contributed by atoms with Gasteiger partial charge in [-0.2, -0.15) is 0 Å². The summed E-state index contributed by atoms with van der Waals surface area (Å²) in [5.74, 6) is 1.45. The average Bonchev–Trinajstić information content (AvgIpc) is 3.14. The number of hydrogen-bond donors (Lipinski definition) is 1. The summed E-state index contributed by atoms with van der Waals surface area (Å²) >= 11 is 7.54. The Hall–Kier alpha value is -2.51. The van der Waals surface area contributed by atoms with Crippen LogP contribution in [0.2, 0.25) is 5.02 Å². The van der Waals surface area contributed by atoms with Crippen molar-refractivity contribution < 1.29 is 9.53 Å². The first-order valence-electron chi connectivity index (χ1n) is 9.73. The van der Waals surface area contributed by atoms with Crippen LogP contribution in [0.3, 0.4) is 0 Å². The van der Waals surface area contributed by atoms with Crippen molar-refractivity contribution in [3.05, 3.63) is 64.4 Å². The van der Waals surface area contributed by atoms with Gasteiger partial charge in [-0.1, -0.05) is 47.6 Å². The van der Waals surface area contributed by atoms with E-state index in [0.717, 1.165) is 16.8 Å². The molecule has 0 bridgehead atoms. The van der Waals surface area contributed by atoms with Crippen molar-refractivity contribution in [2.45, 2.75) is 45.5 Å². The second-order valence-corrected chi connectivity index (χ2v) is 8.21. The Morgan fingerprint density at radius 1 is 1.20 bits per heavy atom. The minimum Gasteiger partial charge on any atom is -0.481 e. The highest BCUT2D eigenvalue weighted by Gasteiger charge is 2.20. The Morgan fingerprint density at radius 3 is 2.70 bits per heavy atom. The van der Waals surface area contributed by atoms with Crippen LogP contribution in [0.4, 0.5) is 5.69 Å². The number of para-hydroxylation sites is 1. The summed E-state index contributed by atoms with van der Waals surface area (Å²) in [6.07, 6.45) is -0.338. The van der Waals surface area contributed by atoms with Gasteiger partial charge in [-0.25, -0.2) is 0 Å². The minimum atomic E-state index is -0.338. The lowest BCUT2D eigenvalue weighted by atomic mass is 10.1. The lowest BCUT2D eigenvalue weighted by Gasteiger charge is -2.16. The quantitative estimate of drug-likeness (QED) is 0.468. The lowest BCUT2D eigenvalue weighted by molar-refractivity contribution is -0.113. The van der Waals surface area contributed by atoms with Crippen LogP contribution in [-0.4, -0.2) is 26.4 Å². The van der Waals surface area contributed by atoms with Gasteiger partial charge < -0.3 is 14.6 Å². The summed E-state index contributed by atoms with van der Waals surface area (Å²) in [6, 6.07) is 13.2. The molecule has 0 spiro atoms. The first kappa shape index (κ1) is 22.2. The fourth-order valence-electron chi connectivity index (χ4n) is 2.99. The number of carbonyl (C=O) groups is 1. The fraction of sp³-hybridized carbons (Fsp3) is 0.318. The van der Waals surface area contributed by atoms with Crippen LogP contribution in [0.25, 0.3) is 0 Å². The molecule has 1 amide bonds. The first-order chi connectivity index (χ1) is 14.4. The maximum absolute atomic E-state index is 12.4. The van der Waals surface area contributed by atoms with Crippen molar-refractivity contribution in [1.29, 1.82) is 0 Å². The van der Waals surface area contributed by atoms with E-state index in [0.29, 0.717) is 28.3 Å². The molecule has 3 aromatic rings. The Kier molecular flexibility index (Phi) is 7.39. The van der Waals surface area contributed by atoms with E-state index in [2.05, 4.69) is 15.5 Å². The van der Waals surface area contributed by atoms with E-state index in [1.54, 1.807) is 6.07 Å². The molecule has 0 unspecified atom stereocenters. The molecule has 1 aromatic heterocycles. The van der Waals surface area contributed by atoms with Crippen molar-refractivity contribution in [3.8, 4) is 5.75 Å². The topological polar surface area (TPSA) is 69.0 Å². The molecule has 6 nitrogen and oxygen atoms in total. The molecule has 0 fully saturated rings. The lowest BCUT2D eigenvalue weighted by Crippen LogP contribution is -2.16. The number of amides is 1. The van der Waals surface area contributed by atoms with Crippen LogP contribution < -0.4 is 10.1 Å². The van der Waals surface area contributed by atoms with Gasteiger partial charge in [0.2, 0.25) is 5.91 Å². The number of thioether (sulfide) groups is 1. The highest BCUT2D eigenvalue weighted by molar-refractivity contribution is 7.99. The minimum absolute atomic E-state index is 0.0822. The van der Waals surface area contributed by atoms with E-state index in [-0.39, 0.29) is 17.8 Å². The average molecular weight is 445 g/mol. The maximum Gasteiger partial charge on any atom is 0.234 e. The second-order valence-electron chi connectivity index (χ2n) is 6.86. The van der Waals surface area contributed by atoms with Gasteiger partial charge >= 0.3 is 0 Å². The SMILES string of the molecule is CCn1c(SCC(=O)Nc2cccc(C)c2C)nnc1[C@@H](C)Oc1ccccc1Cl. The Bertz CT molecular complexity index is 1040. The molecule has 8 heteroatoms. The molecule has 0 saturated heterocycles. The zero-order valence-electron chi connectivity index (χ0n) is 17.5. The molecule has 0 saturated carbocycles. The molecule has 1 heterocycles. The van der Waals surface area contributed by atoms with Crippen molar-refractivity contribution in [3.63, 3.8) is 0 Å². The van der Waals surface area contributed by atoms with Gasteiger partial charge in [-0.3, -0.25) is 4.79 Å². The number of anilines is 1. The number of benzene rings is 2. The standard InChI is InChI=1S/C22H25ClN4O2S/c1-5-27-21(16(4)29-19-12-7-6-10-17(19)23)25-26-22(27)30-13-20(28)24-18-11-8-9-14(2)15(18)3/h6-12,16H,5,13H2,1-4H3,(H,24,28)/t16-/m1/s1. The molecular weight excluding hydrogens is 420 g/mol. The molecule has 1 N–H and O–H groups in total. The summed E-state index contributed by atoms with van der Waals surface area (Å²) < 4.78 is 7.93. The number of ether oxygens (including phenoxy) is 1. The molecule has 0 aliphatic rings. The molecule has 0 aliphatic carbocycles. The van der Waals surface area contributed by atoms with Gasteiger partial charge in [0.15, 0.2) is 17.1 Å². The van der Waals surface area contributed by atoms with Crippen molar-refractivity contribution >= 4 is 35.0 Å². The molecule has 1 atom stereocenters. The predicted octanol–water partition coefficient (Wildman–Crippen LogP) is 5.44. The van der Waals surface area contributed by atoms with Crippen LogP contribution in [0.15, 0.2) is 47.6 Å². The van der Waals surface area contributed by atoms with E-state index in [9.17, 15) is 4.79 Å². The number of nitrogens with one attached hydrogen (secondary N) is 1. The monoisotopic (exact) mass is 444 g/mol. The van der Waals surface area contributed by atoms with E-state index in [4.69, 9.17) is 16.3 Å². The van der Waals surface area contributed by atoms with Gasteiger partial charge in [0, 0.05) is 12.2 Å². The van der Waals surface area contributed by atoms with Gasteiger partial charge in [0.05, 0.1) is 10.8 Å². The molecule has 30 heavy (non-hydrogen) atoms. The van der Waals surface area contributed by atoms with E-state index in [1.807, 2.05) is 68.7 Å². The number of aryl methyl sites for hydroxylation is 1. The van der Waals surface area contributed by atoms with Crippen LogP contribution in [-0.2, 0) is 11.3 Å². The van der Waals surface area contributed by atoms with Crippen LogP contribution in [0.1, 0.15) is 36.9 Å². The smallest absolute Gasteiger partial charge is 0.234 e. The van der Waals surface area contributed by atoms with Gasteiger partial charge in [-0.05, 0) is 57.0 Å². The number of nitrogens with zero attached hydrogens (tertiary/aromatic N) is 3. The highest BCUT2D eigenvalue weighted by atomic mass is 35.5. The predicted molar refractivity (Wildman–Crippen MR) is 121 cm³/mol. The summed E-state index contributed by atoms with van der Waals surface area (Å²) in [5.41, 5.74) is 3.05. The maximum atomic E-state index is 12.4. The van der Waals surface area contributed by atoms with E-state index >= 15 is 0 Å². The molecule has 0 radical (unpaired) electrons. The number of hydrogen-bond acceptors (Lipinski definition) is 5. The summed E-state index contributed by atoms with van der Waals surface area (Å²) in [7, 11) is 0. The number of rotatable bonds is 8. The molecule has 2 aromatic carbocycles. The van der Waals surface area contributed by atoms with Crippen molar-refractivity contribution in [1.82, 2.24) is 14.8 Å². The summed E-state index contributed by atoms with van der Waals surface area (Å²) in [6.45, 7) is 8.60. The Labute approximate surface area is 186 Å². The number of carbonyl (C=O) groups excluding carboxylic acids is 1. The zero-order valence-corrected chi connectivity index (χ0v) is 19.0. The van der Waals surface area contributed by atoms with Crippen LogP contribution in [0, 0.1) is 13.8 Å². The zero-order chi connectivity index (χ0) is 21.7. The molecule has 158 valence electrons. The first-order valence-corrected chi connectivity index (χ1v) is 11.1. The van der Waals surface area contributed by atoms with Gasteiger partial charge in [0.25, 0.3) is 0 Å². The largest absolute Gasteiger partial charge is 0.481 e. The number of aromatic nitrogens is 3. The molecule has 3 rings (SSSR count). The van der Waals surface area contributed by atoms with Crippen LogP contribution in [0.5, 0.6) is 5.75 Å². The highest BCUT2D eigenvalue weighted by Crippen LogP contribution is 2.29. The van der Waals surface area contributed by atoms with Crippen LogP contribution >= 0.6 is 23.4 Å². The normalized spacial score (nSPS) is 11.9. The van der Waals surface area contributed by atoms with Crippen molar-refractivity contribution in [2.75, 3.05) is 11.1 Å². The van der Waals surface area contributed by atoms with Gasteiger partial charge in [0.1, 0.15) is 5.75 Å².